The van der Waals surface area contributed by atoms with Gasteiger partial charge in [0.05, 0.1) is 0 Å². The molecule has 1 aliphatic heterocycles. The number of hydrogen-bond donors (Lipinski definition) is 1. The zero-order valence-corrected chi connectivity index (χ0v) is 14.6. The van der Waals surface area contributed by atoms with Crippen molar-refractivity contribution in [3.05, 3.63) is 65.2 Å². The fourth-order valence-corrected chi connectivity index (χ4v) is 3.25. The van der Waals surface area contributed by atoms with Gasteiger partial charge in [-0.05, 0) is 43.2 Å². The molecule has 0 radical (unpaired) electrons. The van der Waals surface area contributed by atoms with Gasteiger partial charge in [-0.25, -0.2) is 13.6 Å². The van der Waals surface area contributed by atoms with Crippen molar-refractivity contribution in [2.75, 3.05) is 18.0 Å². The summed E-state index contributed by atoms with van der Waals surface area (Å²) in [5, 5.41) is 2.73. The highest BCUT2D eigenvalue weighted by Gasteiger charge is 2.33. The van der Waals surface area contributed by atoms with Crippen molar-refractivity contribution in [3.63, 3.8) is 0 Å². The number of benzene rings is 2. The molecule has 27 heavy (non-hydrogen) atoms. The van der Waals surface area contributed by atoms with Crippen LogP contribution >= 0.6 is 0 Å². The van der Waals surface area contributed by atoms with Gasteiger partial charge >= 0.3 is 6.03 Å². The molecule has 1 saturated carbocycles. The van der Waals surface area contributed by atoms with Crippen molar-refractivity contribution in [2.45, 2.75) is 25.4 Å². The van der Waals surface area contributed by atoms with Crippen molar-refractivity contribution in [3.8, 4) is 0 Å². The summed E-state index contributed by atoms with van der Waals surface area (Å²) in [7, 11) is 0. The number of halogens is 2. The number of hydrogen-bond acceptors (Lipinski definition) is 2. The molecule has 1 N–H and O–H groups in total. The van der Waals surface area contributed by atoms with E-state index >= 15 is 0 Å². The van der Waals surface area contributed by atoms with E-state index in [0.29, 0.717) is 24.2 Å². The van der Waals surface area contributed by atoms with Crippen LogP contribution in [0.3, 0.4) is 0 Å². The second kappa shape index (κ2) is 6.98. The predicted molar refractivity (Wildman–Crippen MR) is 96.4 cm³/mol. The van der Waals surface area contributed by atoms with E-state index in [0.717, 1.165) is 24.6 Å². The first-order valence-corrected chi connectivity index (χ1v) is 8.93. The van der Waals surface area contributed by atoms with Crippen molar-refractivity contribution >= 4 is 17.6 Å². The topological polar surface area (TPSA) is 52.7 Å². The minimum Gasteiger partial charge on any atom is -0.336 e. The molecule has 1 heterocycles. The minimum atomic E-state index is -0.649. The maximum atomic E-state index is 14.0. The minimum absolute atomic E-state index is 0.0750. The van der Waals surface area contributed by atoms with E-state index in [1.807, 2.05) is 0 Å². The number of carbonyl (C=O) groups excluding carboxylic acids is 2. The van der Waals surface area contributed by atoms with Gasteiger partial charge in [0.25, 0.3) is 5.91 Å². The first-order valence-electron chi connectivity index (χ1n) is 8.93. The third-order valence-corrected chi connectivity index (χ3v) is 4.89. The van der Waals surface area contributed by atoms with Crippen molar-refractivity contribution < 1.29 is 18.4 Å². The molecule has 0 spiro atoms. The molecule has 2 aromatic carbocycles. The third kappa shape index (κ3) is 3.63. The summed E-state index contributed by atoms with van der Waals surface area (Å²) in [6.07, 6.45) is 1.75. The van der Waals surface area contributed by atoms with Gasteiger partial charge in [0.15, 0.2) is 0 Å². The Morgan fingerprint density at radius 3 is 2.48 bits per heavy atom. The van der Waals surface area contributed by atoms with E-state index < -0.39 is 11.6 Å². The number of anilines is 1. The molecule has 7 heteroatoms. The summed E-state index contributed by atoms with van der Waals surface area (Å²) in [4.78, 5) is 27.9. The summed E-state index contributed by atoms with van der Waals surface area (Å²) in [6, 6.07) is 10.2. The molecule has 0 bridgehead atoms. The molecule has 1 saturated heterocycles. The van der Waals surface area contributed by atoms with Crippen LogP contribution in [0.15, 0.2) is 42.5 Å². The van der Waals surface area contributed by atoms with Gasteiger partial charge in [-0.1, -0.05) is 6.07 Å². The number of rotatable bonds is 5. The molecular formula is C20H19F2N3O2. The molecule has 2 fully saturated rings. The molecule has 0 atom stereocenters. The predicted octanol–water partition coefficient (Wildman–Crippen LogP) is 3.30. The van der Waals surface area contributed by atoms with Crippen molar-refractivity contribution in [1.29, 1.82) is 0 Å². The Bertz CT molecular complexity index is 881. The van der Waals surface area contributed by atoms with Gasteiger partial charge in [0.1, 0.15) is 11.6 Å². The average Bonchev–Trinajstić information content (AvgIpc) is 3.41. The molecule has 0 aromatic heterocycles. The summed E-state index contributed by atoms with van der Waals surface area (Å²) in [5.74, 6) is -1.48. The maximum absolute atomic E-state index is 14.0. The van der Waals surface area contributed by atoms with Gasteiger partial charge in [-0.3, -0.25) is 9.69 Å². The molecular weight excluding hydrogens is 352 g/mol. The van der Waals surface area contributed by atoms with Gasteiger partial charge in [-0.2, -0.15) is 0 Å². The Kier molecular flexibility index (Phi) is 4.51. The SMILES string of the molecule is O=C1NCCN1c1ccc(C(=O)N(Cc2ccc(F)cc2F)C2CC2)cc1. The number of nitrogens with zero attached hydrogens (tertiary/aromatic N) is 2. The second-order valence-corrected chi connectivity index (χ2v) is 6.83. The van der Waals surface area contributed by atoms with Crippen LogP contribution in [0, 0.1) is 11.6 Å². The average molecular weight is 371 g/mol. The molecule has 4 rings (SSSR count). The van der Waals surface area contributed by atoms with Gasteiger partial charge in [0, 0.05) is 48.6 Å². The second-order valence-electron chi connectivity index (χ2n) is 6.83. The van der Waals surface area contributed by atoms with Gasteiger partial charge < -0.3 is 10.2 Å². The molecule has 5 nitrogen and oxygen atoms in total. The smallest absolute Gasteiger partial charge is 0.321 e. The highest BCUT2D eigenvalue weighted by molar-refractivity contribution is 5.97. The maximum Gasteiger partial charge on any atom is 0.321 e. The van der Waals surface area contributed by atoms with Crippen molar-refractivity contribution in [2.24, 2.45) is 0 Å². The Balaban J connectivity index is 1.53. The van der Waals surface area contributed by atoms with E-state index in [1.165, 1.54) is 12.1 Å². The van der Waals surface area contributed by atoms with E-state index in [-0.39, 0.29) is 24.5 Å². The quantitative estimate of drug-likeness (QED) is 0.877. The van der Waals surface area contributed by atoms with E-state index in [9.17, 15) is 18.4 Å². The van der Waals surface area contributed by atoms with Crippen LogP contribution in [0.4, 0.5) is 19.3 Å². The standard InChI is InChI=1S/C20H19F2N3O2/c21-15-4-1-14(18(22)11-15)12-25(17-7-8-17)19(26)13-2-5-16(6-3-13)24-10-9-23-20(24)27/h1-6,11,17H,7-10,12H2,(H,23,27). The lowest BCUT2D eigenvalue weighted by molar-refractivity contribution is 0.0728. The number of carbonyl (C=O) groups is 2. The molecule has 0 unspecified atom stereocenters. The summed E-state index contributed by atoms with van der Waals surface area (Å²) < 4.78 is 27.1. The number of nitrogens with one attached hydrogen (secondary N) is 1. The lowest BCUT2D eigenvalue weighted by atomic mass is 10.1. The zero-order valence-electron chi connectivity index (χ0n) is 14.6. The van der Waals surface area contributed by atoms with Crippen LogP contribution < -0.4 is 10.2 Å². The van der Waals surface area contributed by atoms with Crippen LogP contribution in [0.1, 0.15) is 28.8 Å². The van der Waals surface area contributed by atoms with Gasteiger partial charge in [-0.15, -0.1) is 0 Å². The first-order chi connectivity index (χ1) is 13.0. The van der Waals surface area contributed by atoms with E-state index in [2.05, 4.69) is 5.32 Å². The summed E-state index contributed by atoms with van der Waals surface area (Å²) in [5.41, 5.74) is 1.50. The Morgan fingerprint density at radius 2 is 1.89 bits per heavy atom. The van der Waals surface area contributed by atoms with Crippen LogP contribution in [0.25, 0.3) is 0 Å². The molecule has 140 valence electrons. The molecule has 2 aromatic rings. The van der Waals surface area contributed by atoms with Crippen LogP contribution in [-0.2, 0) is 6.54 Å². The lowest BCUT2D eigenvalue weighted by Gasteiger charge is -2.23. The van der Waals surface area contributed by atoms with Crippen molar-refractivity contribution in [1.82, 2.24) is 10.2 Å². The van der Waals surface area contributed by atoms with Gasteiger partial charge in [0.2, 0.25) is 0 Å². The Hall–Kier alpha value is -2.96. The fourth-order valence-electron chi connectivity index (χ4n) is 3.25. The largest absolute Gasteiger partial charge is 0.336 e. The summed E-state index contributed by atoms with van der Waals surface area (Å²) >= 11 is 0. The Labute approximate surface area is 155 Å². The molecule has 3 amide bonds. The first kappa shape index (κ1) is 17.5. The van der Waals surface area contributed by atoms with Crippen LogP contribution in [0.5, 0.6) is 0 Å². The zero-order chi connectivity index (χ0) is 19.0. The summed E-state index contributed by atoms with van der Waals surface area (Å²) in [6.45, 7) is 1.29. The monoisotopic (exact) mass is 371 g/mol. The normalized spacial score (nSPS) is 16.4. The molecule has 1 aliphatic carbocycles. The number of amides is 3. The highest BCUT2D eigenvalue weighted by Crippen LogP contribution is 2.31. The number of urea groups is 1. The highest BCUT2D eigenvalue weighted by atomic mass is 19.1. The van der Waals surface area contributed by atoms with E-state index in [4.69, 9.17) is 0 Å². The van der Waals surface area contributed by atoms with Crippen LogP contribution in [-0.4, -0.2) is 36.0 Å². The lowest BCUT2D eigenvalue weighted by Crippen LogP contribution is -2.33. The molecule has 2 aliphatic rings. The van der Waals surface area contributed by atoms with Crippen LogP contribution in [0.2, 0.25) is 0 Å². The Morgan fingerprint density at radius 1 is 1.15 bits per heavy atom. The third-order valence-electron chi connectivity index (χ3n) is 4.89. The fraction of sp³-hybridized carbons (Fsp3) is 0.300. The van der Waals surface area contributed by atoms with E-state index in [1.54, 1.807) is 34.1 Å².